The van der Waals surface area contributed by atoms with Gasteiger partial charge in [0.2, 0.25) is 0 Å². The zero-order valence-corrected chi connectivity index (χ0v) is 8.99. The van der Waals surface area contributed by atoms with Crippen molar-refractivity contribution in [3.8, 4) is 5.75 Å². The fourth-order valence-corrected chi connectivity index (χ4v) is 1.39. The van der Waals surface area contributed by atoms with Gasteiger partial charge in [-0.15, -0.1) is 0 Å². The molecule has 0 bridgehead atoms. The van der Waals surface area contributed by atoms with Gasteiger partial charge in [-0.25, -0.2) is 4.79 Å². The van der Waals surface area contributed by atoms with Gasteiger partial charge in [0.25, 0.3) is 0 Å². The van der Waals surface area contributed by atoms with Gasteiger partial charge < -0.3 is 9.84 Å². The average Bonchev–Trinajstić information content (AvgIpc) is 2.17. The summed E-state index contributed by atoms with van der Waals surface area (Å²) in [4.78, 5) is 10.3. The zero-order chi connectivity index (χ0) is 11.3. The minimum absolute atomic E-state index is 0.482. The fraction of sp³-hybridized carbons (Fsp3) is 0.182. The lowest BCUT2D eigenvalue weighted by molar-refractivity contribution is -0.131. The summed E-state index contributed by atoms with van der Waals surface area (Å²) >= 11 is 5.82. The van der Waals surface area contributed by atoms with Crippen molar-refractivity contribution in [1.82, 2.24) is 0 Å². The first kappa shape index (κ1) is 11.6. The van der Waals surface area contributed by atoms with E-state index in [-0.39, 0.29) is 0 Å². The second-order valence-corrected chi connectivity index (χ2v) is 3.34. The van der Waals surface area contributed by atoms with Crippen molar-refractivity contribution in [1.29, 1.82) is 0 Å². The summed E-state index contributed by atoms with van der Waals surface area (Å²) in [6.07, 6.45) is 3.13. The quantitative estimate of drug-likeness (QED) is 0.803. The molecule has 0 heterocycles. The molecular formula is C11H11ClO3. The van der Waals surface area contributed by atoms with Gasteiger partial charge in [0.15, 0.2) is 0 Å². The molecule has 0 atom stereocenters. The Hall–Kier alpha value is -1.48. The Morgan fingerprint density at radius 1 is 1.60 bits per heavy atom. The maximum atomic E-state index is 10.3. The van der Waals surface area contributed by atoms with Crippen LogP contribution in [0.25, 0.3) is 0 Å². The second-order valence-electron chi connectivity index (χ2n) is 2.90. The molecule has 0 fully saturated rings. The number of benzene rings is 1. The lowest BCUT2D eigenvalue weighted by Crippen LogP contribution is -1.92. The van der Waals surface area contributed by atoms with E-state index in [2.05, 4.69) is 0 Å². The lowest BCUT2D eigenvalue weighted by atomic mass is 10.1. The summed E-state index contributed by atoms with van der Waals surface area (Å²) in [5.74, 6) is -0.259. The maximum Gasteiger partial charge on any atom is 0.327 e. The van der Waals surface area contributed by atoms with Gasteiger partial charge in [0.05, 0.1) is 7.11 Å². The van der Waals surface area contributed by atoms with Gasteiger partial charge in [-0.2, -0.15) is 0 Å². The molecule has 1 rings (SSSR count). The molecule has 0 aromatic heterocycles. The summed E-state index contributed by atoms with van der Waals surface area (Å²) in [6, 6.07) is 5.24. The standard InChI is InChI=1S/C11H11ClO3/c1-15-10-6-5-9(12)7-8(10)3-2-4-11(13)14/h2,4-7H,3H2,1H3,(H,13,14)/b4-2+. The largest absolute Gasteiger partial charge is 0.496 e. The van der Waals surface area contributed by atoms with Crippen LogP contribution in [0.1, 0.15) is 5.56 Å². The number of aliphatic carboxylic acids is 1. The number of ether oxygens (including phenoxy) is 1. The average molecular weight is 227 g/mol. The second kappa shape index (κ2) is 5.41. The van der Waals surface area contributed by atoms with Crippen molar-refractivity contribution in [2.75, 3.05) is 7.11 Å². The van der Waals surface area contributed by atoms with Crippen LogP contribution < -0.4 is 4.74 Å². The Balaban J connectivity index is 2.82. The lowest BCUT2D eigenvalue weighted by Gasteiger charge is -2.06. The van der Waals surface area contributed by atoms with Crippen molar-refractivity contribution in [3.05, 3.63) is 40.9 Å². The molecule has 1 aromatic carbocycles. The van der Waals surface area contributed by atoms with E-state index in [1.807, 2.05) is 0 Å². The molecule has 0 spiro atoms. The Morgan fingerprint density at radius 2 is 2.33 bits per heavy atom. The van der Waals surface area contributed by atoms with E-state index in [1.165, 1.54) is 0 Å². The Labute approximate surface area is 92.9 Å². The van der Waals surface area contributed by atoms with Crippen molar-refractivity contribution >= 4 is 17.6 Å². The summed E-state index contributed by atoms with van der Waals surface area (Å²) < 4.78 is 5.12. The van der Waals surface area contributed by atoms with Crippen LogP contribution in [0.15, 0.2) is 30.4 Å². The highest BCUT2D eigenvalue weighted by Gasteiger charge is 2.01. The Morgan fingerprint density at radius 3 is 2.93 bits per heavy atom. The van der Waals surface area contributed by atoms with E-state index in [4.69, 9.17) is 21.4 Å². The van der Waals surface area contributed by atoms with Crippen molar-refractivity contribution in [2.45, 2.75) is 6.42 Å². The third-order valence-corrected chi connectivity index (χ3v) is 2.08. The molecule has 0 saturated carbocycles. The number of allylic oxidation sites excluding steroid dienone is 1. The van der Waals surface area contributed by atoms with Gasteiger partial charge in [0, 0.05) is 11.1 Å². The van der Waals surface area contributed by atoms with Crippen LogP contribution in [-0.4, -0.2) is 18.2 Å². The Bertz CT molecular complexity index is 385. The molecular weight excluding hydrogens is 216 g/mol. The van der Waals surface area contributed by atoms with Gasteiger partial charge in [-0.1, -0.05) is 17.7 Å². The van der Waals surface area contributed by atoms with Gasteiger partial charge in [-0.3, -0.25) is 0 Å². The number of methoxy groups -OCH3 is 1. The maximum absolute atomic E-state index is 10.3. The summed E-state index contributed by atoms with van der Waals surface area (Å²) in [6.45, 7) is 0. The van der Waals surface area contributed by atoms with E-state index >= 15 is 0 Å². The molecule has 0 aliphatic rings. The molecule has 0 unspecified atom stereocenters. The van der Waals surface area contributed by atoms with Crippen LogP contribution in [0, 0.1) is 0 Å². The molecule has 0 saturated heterocycles. The van der Waals surface area contributed by atoms with E-state index in [9.17, 15) is 4.79 Å². The summed E-state index contributed by atoms with van der Waals surface area (Å²) in [7, 11) is 1.56. The van der Waals surface area contributed by atoms with Gasteiger partial charge in [0.1, 0.15) is 5.75 Å². The molecule has 1 N–H and O–H groups in total. The summed E-state index contributed by atoms with van der Waals surface area (Å²) in [5.41, 5.74) is 0.863. The number of carboxylic acid groups (broad SMARTS) is 1. The normalized spacial score (nSPS) is 10.5. The SMILES string of the molecule is COc1ccc(Cl)cc1C/C=C/C(=O)O. The molecule has 0 amide bonds. The number of halogens is 1. The van der Waals surface area contributed by atoms with Gasteiger partial charge >= 0.3 is 5.97 Å². The van der Waals surface area contributed by atoms with Crippen molar-refractivity contribution in [2.24, 2.45) is 0 Å². The first-order valence-corrected chi connectivity index (χ1v) is 4.73. The first-order chi connectivity index (χ1) is 7.13. The predicted octanol–water partition coefficient (Wildman–Crippen LogP) is 2.53. The number of rotatable bonds is 4. The highest BCUT2D eigenvalue weighted by atomic mass is 35.5. The minimum Gasteiger partial charge on any atom is -0.496 e. The first-order valence-electron chi connectivity index (χ1n) is 4.35. The van der Waals surface area contributed by atoms with E-state index in [0.29, 0.717) is 17.2 Å². The Kier molecular flexibility index (Phi) is 4.18. The molecule has 0 aliphatic carbocycles. The highest BCUT2D eigenvalue weighted by Crippen LogP contribution is 2.23. The molecule has 15 heavy (non-hydrogen) atoms. The van der Waals surface area contributed by atoms with E-state index < -0.39 is 5.97 Å². The molecule has 0 radical (unpaired) electrons. The topological polar surface area (TPSA) is 46.5 Å². The zero-order valence-electron chi connectivity index (χ0n) is 8.24. The van der Waals surface area contributed by atoms with Crippen LogP contribution in [0.5, 0.6) is 5.75 Å². The van der Waals surface area contributed by atoms with Crippen LogP contribution in [0.4, 0.5) is 0 Å². The smallest absolute Gasteiger partial charge is 0.327 e. The molecule has 0 aliphatic heterocycles. The van der Waals surface area contributed by atoms with Crippen LogP contribution >= 0.6 is 11.6 Å². The minimum atomic E-state index is -0.962. The van der Waals surface area contributed by atoms with Crippen molar-refractivity contribution < 1.29 is 14.6 Å². The van der Waals surface area contributed by atoms with E-state index in [1.54, 1.807) is 31.4 Å². The molecule has 1 aromatic rings. The fourth-order valence-electron chi connectivity index (χ4n) is 1.19. The van der Waals surface area contributed by atoms with E-state index in [0.717, 1.165) is 11.6 Å². The summed E-state index contributed by atoms with van der Waals surface area (Å²) in [5, 5.41) is 9.03. The highest BCUT2D eigenvalue weighted by molar-refractivity contribution is 6.30. The monoisotopic (exact) mass is 226 g/mol. The number of carboxylic acids is 1. The number of hydrogen-bond donors (Lipinski definition) is 1. The molecule has 3 nitrogen and oxygen atoms in total. The van der Waals surface area contributed by atoms with Crippen molar-refractivity contribution in [3.63, 3.8) is 0 Å². The number of carbonyl (C=O) groups is 1. The van der Waals surface area contributed by atoms with Crippen LogP contribution in [0.2, 0.25) is 5.02 Å². The number of hydrogen-bond acceptors (Lipinski definition) is 2. The third kappa shape index (κ3) is 3.64. The third-order valence-electron chi connectivity index (χ3n) is 1.84. The molecule has 80 valence electrons. The molecule has 4 heteroatoms. The van der Waals surface area contributed by atoms with Crippen LogP contribution in [0.3, 0.4) is 0 Å². The van der Waals surface area contributed by atoms with Crippen LogP contribution in [-0.2, 0) is 11.2 Å². The van der Waals surface area contributed by atoms with Gasteiger partial charge in [-0.05, 0) is 30.2 Å². The predicted molar refractivity (Wildman–Crippen MR) is 58.5 cm³/mol.